The lowest BCUT2D eigenvalue weighted by Gasteiger charge is -2.14. The van der Waals surface area contributed by atoms with Crippen LogP contribution in [0.4, 0.5) is 4.79 Å². The number of benzene rings is 1. The quantitative estimate of drug-likeness (QED) is 0.852. The van der Waals surface area contributed by atoms with Crippen LogP contribution in [0.25, 0.3) is 0 Å². The Kier molecular flexibility index (Phi) is 5.48. The topological polar surface area (TPSA) is 88.5 Å². The highest BCUT2D eigenvalue weighted by Crippen LogP contribution is 2.04. The maximum Gasteiger partial charge on any atom is 0.408 e. The third-order valence-corrected chi connectivity index (χ3v) is 2.99. The highest BCUT2D eigenvalue weighted by atomic mass is 16.5. The Labute approximate surface area is 127 Å². The van der Waals surface area contributed by atoms with E-state index in [1.807, 2.05) is 30.3 Å². The van der Waals surface area contributed by atoms with E-state index in [-0.39, 0.29) is 13.0 Å². The second kappa shape index (κ2) is 7.78. The van der Waals surface area contributed by atoms with Gasteiger partial charge in [-0.15, -0.1) is 0 Å². The van der Waals surface area contributed by atoms with Gasteiger partial charge in [-0.3, -0.25) is 4.98 Å². The summed E-state index contributed by atoms with van der Waals surface area (Å²) in [6.45, 7) is 0.0915. The van der Waals surface area contributed by atoms with Crippen LogP contribution < -0.4 is 5.32 Å². The summed E-state index contributed by atoms with van der Waals surface area (Å²) >= 11 is 0. The summed E-state index contributed by atoms with van der Waals surface area (Å²) in [5.74, 6) is -1.12. The van der Waals surface area contributed by atoms with Crippen molar-refractivity contribution in [2.24, 2.45) is 0 Å². The maximum absolute atomic E-state index is 11.7. The highest BCUT2D eigenvalue weighted by molar-refractivity contribution is 5.80. The van der Waals surface area contributed by atoms with Gasteiger partial charge >= 0.3 is 12.1 Å². The largest absolute Gasteiger partial charge is 0.480 e. The van der Waals surface area contributed by atoms with Crippen LogP contribution >= 0.6 is 0 Å². The second-order valence-electron chi connectivity index (χ2n) is 4.66. The van der Waals surface area contributed by atoms with E-state index in [2.05, 4.69) is 10.3 Å². The fraction of sp³-hybridized carbons (Fsp3) is 0.188. The van der Waals surface area contributed by atoms with E-state index in [0.717, 1.165) is 11.1 Å². The average Bonchev–Trinajstić information content (AvgIpc) is 2.54. The van der Waals surface area contributed by atoms with E-state index >= 15 is 0 Å². The van der Waals surface area contributed by atoms with Crippen molar-refractivity contribution in [3.63, 3.8) is 0 Å². The van der Waals surface area contributed by atoms with Crippen molar-refractivity contribution in [3.8, 4) is 0 Å². The summed E-state index contributed by atoms with van der Waals surface area (Å²) in [6, 6.07) is 11.5. The van der Waals surface area contributed by atoms with Crippen LogP contribution in [-0.4, -0.2) is 28.2 Å². The predicted octanol–water partition coefficient (Wildman–Crippen LogP) is 2.00. The standard InChI is InChI=1S/C16H16N2O4/c19-15(20)14(10-12-6-8-17-9-7-12)18-16(21)22-11-13-4-2-1-3-5-13/h1-9,14H,10-11H2,(H,18,21)(H,19,20)/t14-/m1/s1. The van der Waals surface area contributed by atoms with Crippen LogP contribution in [0.15, 0.2) is 54.9 Å². The van der Waals surface area contributed by atoms with Gasteiger partial charge in [-0.1, -0.05) is 30.3 Å². The Morgan fingerprint density at radius 3 is 2.41 bits per heavy atom. The van der Waals surface area contributed by atoms with E-state index < -0.39 is 18.1 Å². The molecular formula is C16H16N2O4. The smallest absolute Gasteiger partial charge is 0.408 e. The summed E-state index contributed by atoms with van der Waals surface area (Å²) in [5.41, 5.74) is 1.60. The highest BCUT2D eigenvalue weighted by Gasteiger charge is 2.21. The monoisotopic (exact) mass is 300 g/mol. The van der Waals surface area contributed by atoms with Gasteiger partial charge in [-0.05, 0) is 23.3 Å². The minimum absolute atomic E-state index is 0.0915. The van der Waals surface area contributed by atoms with Crippen LogP contribution in [0, 0.1) is 0 Å². The zero-order chi connectivity index (χ0) is 15.8. The van der Waals surface area contributed by atoms with Crippen LogP contribution in [0.5, 0.6) is 0 Å². The number of carbonyl (C=O) groups excluding carboxylic acids is 1. The molecule has 0 radical (unpaired) electrons. The molecule has 2 N–H and O–H groups in total. The molecular weight excluding hydrogens is 284 g/mol. The van der Waals surface area contributed by atoms with Gasteiger partial charge in [-0.25, -0.2) is 9.59 Å². The number of pyridine rings is 1. The normalized spacial score (nSPS) is 11.5. The Morgan fingerprint density at radius 2 is 1.77 bits per heavy atom. The minimum atomic E-state index is -1.12. The number of amides is 1. The summed E-state index contributed by atoms with van der Waals surface area (Å²) < 4.78 is 5.02. The molecule has 0 saturated carbocycles. The van der Waals surface area contributed by atoms with Crippen LogP contribution in [0.3, 0.4) is 0 Å². The van der Waals surface area contributed by atoms with Gasteiger partial charge in [0, 0.05) is 18.8 Å². The molecule has 0 aliphatic rings. The minimum Gasteiger partial charge on any atom is -0.480 e. The zero-order valence-corrected chi connectivity index (χ0v) is 11.8. The Balaban J connectivity index is 1.88. The molecule has 0 bridgehead atoms. The Hall–Kier alpha value is -2.89. The Bertz CT molecular complexity index is 617. The molecule has 0 saturated heterocycles. The Morgan fingerprint density at radius 1 is 1.09 bits per heavy atom. The number of alkyl carbamates (subject to hydrolysis) is 1. The van der Waals surface area contributed by atoms with Crippen LogP contribution in [0.1, 0.15) is 11.1 Å². The van der Waals surface area contributed by atoms with Crippen molar-refractivity contribution < 1.29 is 19.4 Å². The third-order valence-electron chi connectivity index (χ3n) is 2.99. The number of nitrogens with one attached hydrogen (secondary N) is 1. The SMILES string of the molecule is O=C(N[C@H](Cc1ccncc1)C(=O)O)OCc1ccccc1. The summed E-state index contributed by atoms with van der Waals surface area (Å²) in [7, 11) is 0. The summed E-state index contributed by atoms with van der Waals surface area (Å²) in [6.07, 6.45) is 2.55. The number of carboxylic acid groups (broad SMARTS) is 1. The molecule has 1 heterocycles. The van der Waals surface area contributed by atoms with Crippen molar-refractivity contribution >= 4 is 12.1 Å². The number of ether oxygens (including phenoxy) is 1. The first-order valence-corrected chi connectivity index (χ1v) is 6.74. The predicted molar refractivity (Wildman–Crippen MR) is 79.1 cm³/mol. The van der Waals surface area contributed by atoms with Crippen LogP contribution in [0.2, 0.25) is 0 Å². The number of hydrogen-bond donors (Lipinski definition) is 2. The molecule has 0 aliphatic carbocycles. The van der Waals surface area contributed by atoms with Crippen molar-refractivity contribution in [1.29, 1.82) is 0 Å². The second-order valence-corrected chi connectivity index (χ2v) is 4.66. The maximum atomic E-state index is 11.7. The lowest BCUT2D eigenvalue weighted by molar-refractivity contribution is -0.139. The van der Waals surface area contributed by atoms with Gasteiger partial charge in [0.2, 0.25) is 0 Å². The van der Waals surface area contributed by atoms with E-state index in [9.17, 15) is 14.7 Å². The molecule has 1 atom stereocenters. The molecule has 0 aliphatic heterocycles. The van der Waals surface area contributed by atoms with Crippen molar-refractivity contribution in [3.05, 3.63) is 66.0 Å². The van der Waals surface area contributed by atoms with Crippen molar-refractivity contribution in [1.82, 2.24) is 10.3 Å². The molecule has 114 valence electrons. The van der Waals surface area contributed by atoms with E-state index in [1.54, 1.807) is 24.5 Å². The van der Waals surface area contributed by atoms with E-state index in [4.69, 9.17) is 4.74 Å². The van der Waals surface area contributed by atoms with Crippen LogP contribution in [-0.2, 0) is 22.6 Å². The number of hydrogen-bond acceptors (Lipinski definition) is 4. The first kappa shape index (κ1) is 15.5. The summed E-state index contributed by atoms with van der Waals surface area (Å²) in [5, 5.41) is 11.5. The molecule has 1 aromatic carbocycles. The van der Waals surface area contributed by atoms with Gasteiger partial charge in [0.25, 0.3) is 0 Å². The molecule has 0 fully saturated rings. The fourth-order valence-corrected chi connectivity index (χ4v) is 1.86. The molecule has 6 heteroatoms. The number of carboxylic acids is 1. The first-order valence-electron chi connectivity index (χ1n) is 6.74. The number of carbonyl (C=O) groups is 2. The number of rotatable bonds is 6. The summed E-state index contributed by atoms with van der Waals surface area (Å²) in [4.78, 5) is 26.8. The zero-order valence-electron chi connectivity index (χ0n) is 11.8. The van der Waals surface area contributed by atoms with E-state index in [1.165, 1.54) is 0 Å². The third kappa shape index (κ3) is 4.90. The first-order chi connectivity index (χ1) is 10.6. The average molecular weight is 300 g/mol. The van der Waals surface area contributed by atoms with Crippen molar-refractivity contribution in [2.75, 3.05) is 0 Å². The molecule has 22 heavy (non-hydrogen) atoms. The van der Waals surface area contributed by atoms with Gasteiger partial charge in [0.15, 0.2) is 0 Å². The van der Waals surface area contributed by atoms with Crippen molar-refractivity contribution in [2.45, 2.75) is 19.1 Å². The molecule has 1 aromatic heterocycles. The number of nitrogens with zero attached hydrogens (tertiary/aromatic N) is 1. The number of aromatic nitrogens is 1. The molecule has 6 nitrogen and oxygen atoms in total. The molecule has 0 spiro atoms. The molecule has 1 amide bonds. The van der Waals surface area contributed by atoms with Gasteiger partial charge in [-0.2, -0.15) is 0 Å². The van der Waals surface area contributed by atoms with Gasteiger partial charge in [0.1, 0.15) is 12.6 Å². The van der Waals surface area contributed by atoms with Gasteiger partial charge in [0.05, 0.1) is 0 Å². The molecule has 2 aromatic rings. The van der Waals surface area contributed by atoms with E-state index in [0.29, 0.717) is 0 Å². The lowest BCUT2D eigenvalue weighted by atomic mass is 10.1. The molecule has 2 rings (SSSR count). The van der Waals surface area contributed by atoms with Gasteiger partial charge < -0.3 is 15.2 Å². The number of aliphatic carboxylic acids is 1. The molecule has 0 unspecified atom stereocenters. The fourth-order valence-electron chi connectivity index (χ4n) is 1.86. The lowest BCUT2D eigenvalue weighted by Crippen LogP contribution is -2.42.